The molecule has 1 aromatic carbocycles. The van der Waals surface area contributed by atoms with E-state index < -0.39 is 21.5 Å². The first-order valence-electron chi connectivity index (χ1n) is 10.4. The lowest BCUT2D eigenvalue weighted by Crippen LogP contribution is -2.28. The number of rotatable bonds is 8. The van der Waals surface area contributed by atoms with Gasteiger partial charge in [0.25, 0.3) is 5.56 Å². The number of aliphatic imine (C=N–C) groups is 1. The number of benzene rings is 1. The minimum atomic E-state index is -3.88. The Bertz CT molecular complexity index is 1430. The molecule has 11 heteroatoms. The molecule has 9 nitrogen and oxygen atoms in total. The molecule has 2 aromatic heterocycles. The summed E-state index contributed by atoms with van der Waals surface area (Å²) in [6, 6.07) is 11.1. The Kier molecular flexibility index (Phi) is 6.54. The number of pyridine rings is 2. The van der Waals surface area contributed by atoms with Crippen molar-refractivity contribution >= 4 is 45.6 Å². The van der Waals surface area contributed by atoms with Crippen LogP contribution in [0.2, 0.25) is 5.02 Å². The summed E-state index contributed by atoms with van der Waals surface area (Å²) in [6.07, 6.45) is 3.22. The van der Waals surface area contributed by atoms with Crippen LogP contribution in [0.25, 0.3) is 5.82 Å². The van der Waals surface area contributed by atoms with Gasteiger partial charge >= 0.3 is 0 Å². The van der Waals surface area contributed by atoms with Gasteiger partial charge in [0.05, 0.1) is 17.9 Å². The number of hydrogen-bond donors (Lipinski definition) is 2. The average molecular weight is 500 g/mol. The van der Waals surface area contributed by atoms with Gasteiger partial charge in [-0.15, -0.1) is 0 Å². The van der Waals surface area contributed by atoms with Crippen LogP contribution in [0.5, 0.6) is 0 Å². The third kappa shape index (κ3) is 5.35. The lowest BCUT2D eigenvalue weighted by Gasteiger charge is -2.16. The molecule has 1 saturated carbocycles. The lowest BCUT2D eigenvalue weighted by molar-refractivity contribution is -0.117. The molecule has 0 radical (unpaired) electrons. The topological polar surface area (TPSA) is 137 Å². The fourth-order valence-electron chi connectivity index (χ4n) is 3.58. The van der Waals surface area contributed by atoms with Crippen molar-refractivity contribution in [1.29, 1.82) is 0 Å². The summed E-state index contributed by atoms with van der Waals surface area (Å²) >= 11 is 5.86. The molecule has 34 heavy (non-hydrogen) atoms. The van der Waals surface area contributed by atoms with E-state index in [9.17, 15) is 18.0 Å². The van der Waals surface area contributed by atoms with Gasteiger partial charge in [-0.1, -0.05) is 23.7 Å². The number of nitrogens with two attached hydrogens (primary N) is 1. The van der Waals surface area contributed by atoms with E-state index in [1.54, 1.807) is 36.4 Å². The van der Waals surface area contributed by atoms with Crippen LogP contribution in [0, 0.1) is 0 Å². The summed E-state index contributed by atoms with van der Waals surface area (Å²) in [4.78, 5) is 32.6. The molecule has 3 N–H and O–H groups in total. The number of anilines is 2. The number of amides is 1. The second-order valence-corrected chi connectivity index (χ2v) is 10.2. The van der Waals surface area contributed by atoms with Crippen molar-refractivity contribution in [3.63, 3.8) is 0 Å². The van der Waals surface area contributed by atoms with Gasteiger partial charge in [0.2, 0.25) is 15.9 Å². The largest absolute Gasteiger partial charge is 0.396 e. The number of aromatic nitrogens is 2. The summed E-state index contributed by atoms with van der Waals surface area (Å²) in [5.41, 5.74) is 7.42. The third-order valence-electron chi connectivity index (χ3n) is 5.34. The highest BCUT2D eigenvalue weighted by atomic mass is 35.5. The molecule has 0 bridgehead atoms. The first-order valence-corrected chi connectivity index (χ1v) is 12.4. The number of nitrogens with one attached hydrogen (secondary N) is 1. The fraction of sp³-hybridized carbons (Fsp3) is 0.217. The molecule has 0 aliphatic heterocycles. The summed E-state index contributed by atoms with van der Waals surface area (Å²) < 4.78 is 29.2. The van der Waals surface area contributed by atoms with Crippen LogP contribution in [0.3, 0.4) is 0 Å². The normalized spacial score (nSPS) is 13.4. The average Bonchev–Trinajstić information content (AvgIpc) is 3.62. The second-order valence-electron chi connectivity index (χ2n) is 8.06. The van der Waals surface area contributed by atoms with Crippen molar-refractivity contribution in [3.05, 3.63) is 80.9 Å². The Balaban J connectivity index is 1.70. The maximum Gasteiger partial charge on any atom is 0.280 e. The minimum absolute atomic E-state index is 0.0180. The zero-order chi connectivity index (χ0) is 24.5. The molecular formula is C23H22ClN5O4S. The molecule has 0 atom stereocenters. The highest BCUT2D eigenvalue weighted by molar-refractivity contribution is 7.91. The number of nitrogen functional groups attached to an aromatic ring is 1. The quantitative estimate of drug-likeness (QED) is 0.457. The van der Waals surface area contributed by atoms with Crippen LogP contribution in [-0.2, 0) is 27.0 Å². The van der Waals surface area contributed by atoms with E-state index in [0.29, 0.717) is 21.8 Å². The van der Waals surface area contributed by atoms with Gasteiger partial charge in [-0.25, -0.2) is 18.4 Å². The van der Waals surface area contributed by atoms with Gasteiger partial charge in [0.1, 0.15) is 5.69 Å². The van der Waals surface area contributed by atoms with E-state index in [-0.39, 0.29) is 35.3 Å². The Morgan fingerprint density at radius 1 is 1.21 bits per heavy atom. The van der Waals surface area contributed by atoms with Gasteiger partial charge in [0, 0.05) is 16.9 Å². The number of nitrogens with zero attached hydrogens (tertiary/aromatic N) is 3. The highest BCUT2D eigenvalue weighted by Gasteiger charge is 2.29. The first kappa shape index (κ1) is 23.7. The number of hydrogen-bond acceptors (Lipinski definition) is 6. The maximum atomic E-state index is 13.4. The van der Waals surface area contributed by atoms with Gasteiger partial charge in [-0.2, -0.15) is 0 Å². The molecule has 176 valence electrons. The smallest absolute Gasteiger partial charge is 0.280 e. The summed E-state index contributed by atoms with van der Waals surface area (Å²) in [6.45, 7) is 3.20. The van der Waals surface area contributed by atoms with Crippen molar-refractivity contribution in [3.8, 4) is 5.82 Å². The van der Waals surface area contributed by atoms with Crippen molar-refractivity contribution in [2.45, 2.75) is 30.9 Å². The van der Waals surface area contributed by atoms with E-state index >= 15 is 0 Å². The van der Waals surface area contributed by atoms with Crippen molar-refractivity contribution in [2.75, 3.05) is 10.5 Å². The van der Waals surface area contributed by atoms with Crippen LogP contribution in [0.15, 0.2) is 58.4 Å². The number of carbonyl (C=O) groups is 1. The van der Waals surface area contributed by atoms with Crippen molar-refractivity contribution < 1.29 is 13.2 Å². The molecular weight excluding hydrogens is 478 g/mol. The van der Waals surface area contributed by atoms with E-state index in [0.717, 1.165) is 12.8 Å². The predicted molar refractivity (Wildman–Crippen MR) is 132 cm³/mol. The molecule has 0 unspecified atom stereocenters. The van der Waals surface area contributed by atoms with E-state index in [2.05, 4.69) is 21.4 Å². The summed E-state index contributed by atoms with van der Waals surface area (Å²) in [7, 11) is -3.88. The molecule has 0 saturated heterocycles. The van der Waals surface area contributed by atoms with Crippen molar-refractivity contribution in [1.82, 2.24) is 9.55 Å². The van der Waals surface area contributed by atoms with E-state index in [1.807, 2.05) is 0 Å². The predicted octanol–water partition coefficient (Wildman–Crippen LogP) is 3.06. The van der Waals surface area contributed by atoms with Crippen LogP contribution in [0.1, 0.15) is 35.6 Å². The molecule has 1 aliphatic carbocycles. The van der Waals surface area contributed by atoms with Crippen LogP contribution in [-0.4, -0.2) is 30.6 Å². The zero-order valence-electron chi connectivity index (χ0n) is 18.1. The summed E-state index contributed by atoms with van der Waals surface area (Å²) in [5, 5.41) is 0.494. The van der Waals surface area contributed by atoms with Gasteiger partial charge in [-0.3, -0.25) is 18.9 Å². The SMILES string of the molecule is C=NC(=O)Cc1cnc(-n2c(C3CC3)ccc(NS(=O)(=O)Cc3ccc(Cl)cc3)c2=O)c(N)c1. The Morgan fingerprint density at radius 3 is 2.53 bits per heavy atom. The first-order chi connectivity index (χ1) is 16.2. The molecule has 2 heterocycles. The molecule has 4 rings (SSSR count). The number of halogens is 1. The lowest BCUT2D eigenvalue weighted by atomic mass is 10.1. The molecule has 1 aliphatic rings. The number of carbonyl (C=O) groups excluding carboxylic acids is 1. The Morgan fingerprint density at radius 2 is 1.91 bits per heavy atom. The van der Waals surface area contributed by atoms with Gasteiger partial charge < -0.3 is 5.73 Å². The Hall–Kier alpha value is -3.50. The van der Waals surface area contributed by atoms with Gasteiger partial charge in [0.15, 0.2) is 5.82 Å². The van der Waals surface area contributed by atoms with Crippen LogP contribution >= 0.6 is 11.6 Å². The maximum absolute atomic E-state index is 13.4. The van der Waals surface area contributed by atoms with Crippen LogP contribution < -0.4 is 16.0 Å². The van der Waals surface area contributed by atoms with Crippen LogP contribution in [0.4, 0.5) is 11.4 Å². The summed E-state index contributed by atoms with van der Waals surface area (Å²) in [5.74, 6) is -0.427. The van der Waals surface area contributed by atoms with E-state index in [4.69, 9.17) is 17.3 Å². The minimum Gasteiger partial charge on any atom is -0.396 e. The third-order valence-corrected chi connectivity index (χ3v) is 6.84. The van der Waals surface area contributed by atoms with E-state index in [1.165, 1.54) is 16.8 Å². The van der Waals surface area contributed by atoms with Crippen molar-refractivity contribution in [2.24, 2.45) is 4.99 Å². The zero-order valence-corrected chi connectivity index (χ0v) is 19.6. The molecule has 0 spiro atoms. The molecule has 1 fully saturated rings. The second kappa shape index (κ2) is 9.40. The molecule has 3 aromatic rings. The Labute approximate surface area is 201 Å². The van der Waals surface area contributed by atoms with Gasteiger partial charge in [-0.05, 0) is 66.9 Å². The number of sulfonamides is 1. The standard InChI is InChI=1S/C23H22ClN5O4S/c1-26-21(30)11-15-10-18(25)22(27-12-15)29-20(16-4-5-16)9-8-19(23(29)31)28-34(32,33)13-14-2-6-17(24)7-3-14/h2-3,6-10,12,16,28H,1,4-5,11,13,25H2. The fourth-order valence-corrected chi connectivity index (χ4v) is 4.90. The molecule has 1 amide bonds. The highest BCUT2D eigenvalue weighted by Crippen LogP contribution is 2.40. The monoisotopic (exact) mass is 499 g/mol.